The molecule has 1 amide bonds. The molecular weight excluding hydrogens is 388 g/mol. The Bertz CT molecular complexity index is 898. The smallest absolute Gasteiger partial charge is 0.230 e. The second-order valence-electron chi connectivity index (χ2n) is 9.41. The highest BCUT2D eigenvalue weighted by molar-refractivity contribution is 5.95. The monoisotopic (exact) mass is 422 g/mol. The Morgan fingerprint density at radius 1 is 1.06 bits per heavy atom. The van der Waals surface area contributed by atoms with Crippen LogP contribution in [0.1, 0.15) is 37.9 Å². The fraction of sp³-hybridized carbons (Fsp3) is 0.520. The number of piperazine rings is 1. The summed E-state index contributed by atoms with van der Waals surface area (Å²) in [4.78, 5) is 24.5. The molecule has 2 saturated heterocycles. The number of carbonyl (C=O) groups is 1. The highest BCUT2D eigenvalue weighted by Gasteiger charge is 2.31. The van der Waals surface area contributed by atoms with E-state index in [0.717, 1.165) is 57.7 Å². The van der Waals surface area contributed by atoms with Gasteiger partial charge in [0.15, 0.2) is 0 Å². The number of aliphatic hydroxyl groups is 1. The summed E-state index contributed by atoms with van der Waals surface area (Å²) < 4.78 is 0. The molecule has 0 unspecified atom stereocenters. The van der Waals surface area contributed by atoms with Gasteiger partial charge in [0, 0.05) is 44.3 Å². The van der Waals surface area contributed by atoms with E-state index in [2.05, 4.69) is 46.1 Å². The SMILES string of the molecule is CN1CCN(c2ccccc2C[C@H]2CCCN(c3ccc(C(C)(C)O)nc3)C2=O)CC1. The van der Waals surface area contributed by atoms with Gasteiger partial charge in [-0.2, -0.15) is 0 Å². The minimum Gasteiger partial charge on any atom is -0.384 e. The minimum atomic E-state index is -0.986. The molecule has 1 aromatic heterocycles. The van der Waals surface area contributed by atoms with Crippen LogP contribution in [0.2, 0.25) is 0 Å². The van der Waals surface area contributed by atoms with Gasteiger partial charge in [0.1, 0.15) is 5.60 Å². The standard InChI is InChI=1S/C25H34N4O2/c1-25(2,31)23-11-10-21(18-26-23)29-12-6-8-20(24(29)30)17-19-7-4-5-9-22(19)28-15-13-27(3)14-16-28/h4-5,7,9-11,18,20,31H,6,8,12-17H2,1-3H3/t20-/m1/s1. The fourth-order valence-electron chi connectivity index (χ4n) is 4.61. The zero-order valence-electron chi connectivity index (χ0n) is 18.9. The third-order valence-electron chi connectivity index (χ3n) is 6.54. The maximum atomic E-state index is 13.4. The predicted molar refractivity (Wildman–Crippen MR) is 124 cm³/mol. The lowest BCUT2D eigenvalue weighted by Gasteiger charge is -2.36. The first kappa shape index (κ1) is 21.8. The molecule has 0 saturated carbocycles. The molecule has 1 N–H and O–H groups in total. The maximum Gasteiger partial charge on any atom is 0.230 e. The molecule has 1 aromatic carbocycles. The van der Waals surface area contributed by atoms with Crippen molar-refractivity contribution < 1.29 is 9.90 Å². The van der Waals surface area contributed by atoms with Crippen LogP contribution >= 0.6 is 0 Å². The number of rotatable bonds is 5. The van der Waals surface area contributed by atoms with Crippen LogP contribution in [0.4, 0.5) is 11.4 Å². The van der Waals surface area contributed by atoms with Crippen molar-refractivity contribution >= 4 is 17.3 Å². The zero-order valence-corrected chi connectivity index (χ0v) is 18.9. The predicted octanol–water partition coefficient (Wildman–Crippen LogP) is 3.05. The molecule has 0 bridgehead atoms. The molecule has 3 heterocycles. The molecule has 0 radical (unpaired) electrons. The Kier molecular flexibility index (Phi) is 6.30. The van der Waals surface area contributed by atoms with E-state index in [1.807, 2.05) is 17.0 Å². The highest BCUT2D eigenvalue weighted by atomic mass is 16.3. The fourth-order valence-corrected chi connectivity index (χ4v) is 4.61. The molecule has 2 aliphatic rings. The first-order valence-electron chi connectivity index (χ1n) is 11.3. The van der Waals surface area contributed by atoms with Gasteiger partial charge in [0.25, 0.3) is 0 Å². The molecule has 6 nitrogen and oxygen atoms in total. The van der Waals surface area contributed by atoms with Gasteiger partial charge >= 0.3 is 0 Å². The van der Waals surface area contributed by atoms with Gasteiger partial charge in [-0.25, -0.2) is 0 Å². The van der Waals surface area contributed by atoms with Crippen LogP contribution in [0.3, 0.4) is 0 Å². The molecule has 0 spiro atoms. The number of carbonyl (C=O) groups excluding carboxylic acids is 1. The number of benzene rings is 1. The lowest BCUT2D eigenvalue weighted by atomic mass is 9.89. The van der Waals surface area contributed by atoms with E-state index in [1.54, 1.807) is 20.0 Å². The Hall–Kier alpha value is -2.44. The van der Waals surface area contributed by atoms with Gasteiger partial charge in [-0.1, -0.05) is 18.2 Å². The van der Waals surface area contributed by atoms with Crippen LogP contribution in [-0.4, -0.2) is 60.7 Å². The Labute approximate surface area is 185 Å². The van der Waals surface area contributed by atoms with E-state index in [0.29, 0.717) is 5.69 Å². The van der Waals surface area contributed by atoms with Gasteiger partial charge in [0.2, 0.25) is 5.91 Å². The normalized spacial score (nSPS) is 20.9. The number of likely N-dealkylation sites (N-methyl/N-ethyl adjacent to an activating group) is 1. The van der Waals surface area contributed by atoms with E-state index >= 15 is 0 Å². The summed E-state index contributed by atoms with van der Waals surface area (Å²) >= 11 is 0. The van der Waals surface area contributed by atoms with Crippen molar-refractivity contribution in [3.63, 3.8) is 0 Å². The highest BCUT2D eigenvalue weighted by Crippen LogP contribution is 2.31. The molecule has 2 aromatic rings. The summed E-state index contributed by atoms with van der Waals surface area (Å²) in [6.07, 6.45) is 4.39. The summed E-state index contributed by atoms with van der Waals surface area (Å²) in [5.41, 5.74) is 2.98. The topological polar surface area (TPSA) is 59.9 Å². The second-order valence-corrected chi connectivity index (χ2v) is 9.41. The van der Waals surface area contributed by atoms with Crippen molar-refractivity contribution in [3.05, 3.63) is 53.9 Å². The van der Waals surface area contributed by atoms with Crippen molar-refractivity contribution in [1.82, 2.24) is 9.88 Å². The first-order chi connectivity index (χ1) is 14.8. The number of aromatic nitrogens is 1. The number of amides is 1. The average molecular weight is 423 g/mol. The van der Waals surface area contributed by atoms with Gasteiger partial charge in [-0.05, 0) is 63.9 Å². The third kappa shape index (κ3) is 4.91. The number of nitrogens with zero attached hydrogens (tertiary/aromatic N) is 4. The Morgan fingerprint density at radius 3 is 2.48 bits per heavy atom. The number of pyridine rings is 1. The van der Waals surface area contributed by atoms with Crippen molar-refractivity contribution in [2.24, 2.45) is 5.92 Å². The number of hydrogen-bond donors (Lipinski definition) is 1. The van der Waals surface area contributed by atoms with E-state index in [9.17, 15) is 9.90 Å². The number of para-hydroxylation sites is 1. The lowest BCUT2D eigenvalue weighted by molar-refractivity contribution is -0.123. The summed E-state index contributed by atoms with van der Waals surface area (Å²) in [5, 5.41) is 10.1. The van der Waals surface area contributed by atoms with Gasteiger partial charge in [-0.15, -0.1) is 0 Å². The summed E-state index contributed by atoms with van der Waals surface area (Å²) in [6.45, 7) is 8.34. The van der Waals surface area contributed by atoms with Crippen LogP contribution in [-0.2, 0) is 16.8 Å². The minimum absolute atomic E-state index is 0.0173. The maximum absolute atomic E-state index is 13.4. The van der Waals surface area contributed by atoms with Gasteiger partial charge in [-0.3, -0.25) is 9.78 Å². The average Bonchev–Trinajstić information content (AvgIpc) is 2.76. The quantitative estimate of drug-likeness (QED) is 0.803. The largest absolute Gasteiger partial charge is 0.384 e. The number of hydrogen-bond acceptors (Lipinski definition) is 5. The van der Waals surface area contributed by atoms with E-state index < -0.39 is 5.60 Å². The first-order valence-corrected chi connectivity index (χ1v) is 11.3. The number of anilines is 2. The molecule has 1 atom stereocenters. The Morgan fingerprint density at radius 2 is 1.81 bits per heavy atom. The molecule has 4 rings (SSSR count). The zero-order chi connectivity index (χ0) is 22.0. The van der Waals surface area contributed by atoms with E-state index in [1.165, 1.54) is 11.3 Å². The molecule has 6 heteroatoms. The van der Waals surface area contributed by atoms with Crippen molar-refractivity contribution in [2.45, 2.75) is 38.7 Å². The molecule has 31 heavy (non-hydrogen) atoms. The summed E-state index contributed by atoms with van der Waals surface area (Å²) in [5.74, 6) is 0.161. The van der Waals surface area contributed by atoms with Crippen LogP contribution in [0, 0.1) is 5.92 Å². The second kappa shape index (κ2) is 8.97. The lowest BCUT2D eigenvalue weighted by Crippen LogP contribution is -2.45. The Balaban J connectivity index is 1.49. The van der Waals surface area contributed by atoms with Crippen LogP contribution in [0.5, 0.6) is 0 Å². The van der Waals surface area contributed by atoms with Crippen molar-refractivity contribution in [1.29, 1.82) is 0 Å². The van der Waals surface area contributed by atoms with Crippen LogP contribution < -0.4 is 9.80 Å². The van der Waals surface area contributed by atoms with Crippen LogP contribution in [0.15, 0.2) is 42.6 Å². The molecule has 2 aliphatic heterocycles. The summed E-state index contributed by atoms with van der Waals surface area (Å²) in [6, 6.07) is 12.3. The molecule has 166 valence electrons. The van der Waals surface area contributed by atoms with E-state index in [-0.39, 0.29) is 11.8 Å². The number of piperidine rings is 1. The van der Waals surface area contributed by atoms with Gasteiger partial charge in [0.05, 0.1) is 17.6 Å². The van der Waals surface area contributed by atoms with Crippen molar-refractivity contribution in [2.75, 3.05) is 49.6 Å². The van der Waals surface area contributed by atoms with Crippen molar-refractivity contribution in [3.8, 4) is 0 Å². The molecule has 0 aliphatic carbocycles. The van der Waals surface area contributed by atoms with E-state index in [4.69, 9.17) is 0 Å². The molecule has 2 fully saturated rings. The molecular formula is C25H34N4O2. The van der Waals surface area contributed by atoms with Crippen LogP contribution in [0.25, 0.3) is 0 Å². The van der Waals surface area contributed by atoms with Gasteiger partial charge < -0.3 is 19.8 Å². The summed E-state index contributed by atoms with van der Waals surface area (Å²) in [7, 11) is 2.17. The third-order valence-corrected chi connectivity index (χ3v) is 6.54.